The number of rotatable bonds is 3. The van der Waals surface area contributed by atoms with Crippen LogP contribution in [-0.2, 0) is 21.8 Å². The molecule has 0 N–H and O–H groups in total. The number of halogens is 1. The van der Waals surface area contributed by atoms with Gasteiger partial charge in [-0.2, -0.15) is 5.10 Å². The summed E-state index contributed by atoms with van der Waals surface area (Å²) in [6, 6.07) is 7.96. The van der Waals surface area contributed by atoms with Crippen molar-refractivity contribution in [2.75, 3.05) is 6.61 Å². The van der Waals surface area contributed by atoms with Crippen LogP contribution in [0.25, 0.3) is 0 Å². The van der Waals surface area contributed by atoms with Crippen molar-refractivity contribution in [2.24, 2.45) is 0 Å². The summed E-state index contributed by atoms with van der Waals surface area (Å²) in [4.78, 5) is 3.96. The highest BCUT2D eigenvalue weighted by Crippen LogP contribution is 2.36. The first-order chi connectivity index (χ1) is 9.18. The average molecular weight is 324 g/mol. The third-order valence-corrected chi connectivity index (χ3v) is 3.59. The molecule has 0 saturated carbocycles. The second-order valence-electron chi connectivity index (χ2n) is 4.59. The van der Waals surface area contributed by atoms with Gasteiger partial charge in [-0.15, -0.1) is 0 Å². The molecule has 0 spiro atoms. The number of nitrogens with zero attached hydrogens (tertiary/aromatic N) is 3. The molecule has 5 nitrogen and oxygen atoms in total. The summed E-state index contributed by atoms with van der Waals surface area (Å²) in [7, 11) is 0. The molecule has 1 fully saturated rings. The molecule has 100 valence electrons. The third-order valence-electron chi connectivity index (χ3n) is 3.06. The molecule has 2 atom stereocenters. The molecule has 0 amide bonds. The minimum Gasteiger partial charge on any atom is -0.342 e. The Morgan fingerprint density at radius 1 is 1.42 bits per heavy atom. The minimum absolute atomic E-state index is 0.0622. The monoisotopic (exact) mass is 323 g/mol. The van der Waals surface area contributed by atoms with E-state index in [1.165, 1.54) is 6.33 Å². The standard InChI is InChI=1S/C13H14BrN3O2/c1-10-6-18-13(19-10,7-17-9-15-8-16-17)11-2-4-12(14)5-3-11/h2-5,8-10H,6-7H2,1H3/t10-,13?/m0/s1. The number of hydrogen-bond donors (Lipinski definition) is 0. The Balaban J connectivity index is 1.95. The van der Waals surface area contributed by atoms with Gasteiger partial charge in [0, 0.05) is 10.0 Å². The molecule has 0 aliphatic carbocycles. The Bertz CT molecular complexity index is 544. The Labute approximate surface area is 119 Å². The second-order valence-corrected chi connectivity index (χ2v) is 5.51. The summed E-state index contributed by atoms with van der Waals surface area (Å²) in [6.45, 7) is 3.06. The normalized spacial score (nSPS) is 26.7. The summed E-state index contributed by atoms with van der Waals surface area (Å²) >= 11 is 3.43. The maximum absolute atomic E-state index is 6.02. The SMILES string of the molecule is C[C@H]1COC(Cn2cncn2)(c2ccc(Br)cc2)O1. The lowest BCUT2D eigenvalue weighted by Gasteiger charge is -2.28. The lowest BCUT2D eigenvalue weighted by atomic mass is 10.1. The second kappa shape index (κ2) is 5.03. The number of ether oxygens (including phenoxy) is 2. The van der Waals surface area contributed by atoms with Crippen molar-refractivity contribution >= 4 is 15.9 Å². The molecule has 0 bridgehead atoms. The van der Waals surface area contributed by atoms with E-state index < -0.39 is 5.79 Å². The van der Waals surface area contributed by atoms with Crippen molar-refractivity contribution in [2.45, 2.75) is 25.4 Å². The van der Waals surface area contributed by atoms with Gasteiger partial charge in [-0.3, -0.25) is 0 Å². The lowest BCUT2D eigenvalue weighted by molar-refractivity contribution is -0.186. The van der Waals surface area contributed by atoms with E-state index in [0.29, 0.717) is 13.2 Å². The molecule has 1 aliphatic rings. The summed E-state index contributed by atoms with van der Waals surface area (Å²) in [5.41, 5.74) is 0.982. The van der Waals surface area contributed by atoms with Crippen LogP contribution in [0.3, 0.4) is 0 Å². The average Bonchev–Trinajstić information content (AvgIpc) is 3.01. The molecule has 1 saturated heterocycles. The topological polar surface area (TPSA) is 49.2 Å². The first-order valence-electron chi connectivity index (χ1n) is 6.08. The van der Waals surface area contributed by atoms with E-state index in [0.717, 1.165) is 10.0 Å². The van der Waals surface area contributed by atoms with Crippen molar-refractivity contribution in [3.8, 4) is 0 Å². The summed E-state index contributed by atoms with van der Waals surface area (Å²) in [5, 5.41) is 4.13. The highest BCUT2D eigenvalue weighted by molar-refractivity contribution is 9.10. The molecular weight excluding hydrogens is 310 g/mol. The predicted molar refractivity (Wildman–Crippen MR) is 72.3 cm³/mol. The molecule has 1 aromatic heterocycles. The quantitative estimate of drug-likeness (QED) is 0.869. The lowest BCUT2D eigenvalue weighted by Crippen LogP contribution is -2.33. The smallest absolute Gasteiger partial charge is 0.215 e. The molecule has 0 radical (unpaired) electrons. The van der Waals surface area contributed by atoms with Gasteiger partial charge in [-0.1, -0.05) is 28.1 Å². The third kappa shape index (κ3) is 2.56. The van der Waals surface area contributed by atoms with Crippen LogP contribution in [0.4, 0.5) is 0 Å². The molecular formula is C13H14BrN3O2. The molecule has 2 aromatic rings. The Kier molecular flexibility index (Phi) is 3.38. The molecule has 1 aromatic carbocycles. The van der Waals surface area contributed by atoms with Gasteiger partial charge in [0.15, 0.2) is 0 Å². The molecule has 1 aliphatic heterocycles. The van der Waals surface area contributed by atoms with Crippen molar-refractivity contribution in [1.82, 2.24) is 14.8 Å². The van der Waals surface area contributed by atoms with Gasteiger partial charge in [0.2, 0.25) is 5.79 Å². The number of benzene rings is 1. The summed E-state index contributed by atoms with van der Waals surface area (Å²) in [6.07, 6.45) is 3.23. The van der Waals surface area contributed by atoms with E-state index in [2.05, 4.69) is 26.0 Å². The first-order valence-corrected chi connectivity index (χ1v) is 6.87. The van der Waals surface area contributed by atoms with Gasteiger partial charge in [0.25, 0.3) is 0 Å². The largest absolute Gasteiger partial charge is 0.342 e. The van der Waals surface area contributed by atoms with Crippen LogP contribution in [0, 0.1) is 0 Å². The fourth-order valence-corrected chi connectivity index (χ4v) is 2.47. The highest BCUT2D eigenvalue weighted by atomic mass is 79.9. The van der Waals surface area contributed by atoms with Gasteiger partial charge in [0.1, 0.15) is 19.2 Å². The number of hydrogen-bond acceptors (Lipinski definition) is 4. The maximum atomic E-state index is 6.02. The Hall–Kier alpha value is -1.24. The van der Waals surface area contributed by atoms with Gasteiger partial charge >= 0.3 is 0 Å². The fourth-order valence-electron chi connectivity index (χ4n) is 2.20. The van der Waals surface area contributed by atoms with Crippen LogP contribution in [0.5, 0.6) is 0 Å². The molecule has 19 heavy (non-hydrogen) atoms. The molecule has 3 rings (SSSR count). The zero-order valence-electron chi connectivity index (χ0n) is 10.5. The summed E-state index contributed by atoms with van der Waals surface area (Å²) < 4.78 is 14.7. The van der Waals surface area contributed by atoms with E-state index >= 15 is 0 Å². The molecule has 6 heteroatoms. The van der Waals surface area contributed by atoms with Crippen molar-refractivity contribution in [3.63, 3.8) is 0 Å². The Morgan fingerprint density at radius 2 is 2.21 bits per heavy atom. The van der Waals surface area contributed by atoms with Crippen molar-refractivity contribution in [1.29, 1.82) is 0 Å². The van der Waals surface area contributed by atoms with Gasteiger partial charge < -0.3 is 9.47 Å². The first kappa shape index (κ1) is 12.8. The maximum Gasteiger partial charge on any atom is 0.215 e. The van der Waals surface area contributed by atoms with Gasteiger partial charge in [-0.25, -0.2) is 9.67 Å². The molecule has 1 unspecified atom stereocenters. The van der Waals surface area contributed by atoms with Crippen molar-refractivity contribution in [3.05, 3.63) is 47.0 Å². The van der Waals surface area contributed by atoms with Gasteiger partial charge in [-0.05, 0) is 19.1 Å². The van der Waals surface area contributed by atoms with Crippen LogP contribution < -0.4 is 0 Å². The van der Waals surface area contributed by atoms with E-state index in [1.54, 1.807) is 11.0 Å². The van der Waals surface area contributed by atoms with E-state index in [4.69, 9.17) is 9.47 Å². The molecule has 2 heterocycles. The van der Waals surface area contributed by atoms with Crippen LogP contribution in [0.15, 0.2) is 41.4 Å². The highest BCUT2D eigenvalue weighted by Gasteiger charge is 2.42. The predicted octanol–water partition coefficient (Wildman–Crippen LogP) is 2.33. The van der Waals surface area contributed by atoms with Crippen LogP contribution in [0.2, 0.25) is 0 Å². The number of aromatic nitrogens is 3. The zero-order valence-corrected chi connectivity index (χ0v) is 12.1. The van der Waals surface area contributed by atoms with E-state index in [-0.39, 0.29) is 6.10 Å². The van der Waals surface area contributed by atoms with E-state index in [9.17, 15) is 0 Å². The van der Waals surface area contributed by atoms with E-state index in [1.807, 2.05) is 31.2 Å². The zero-order chi connectivity index (χ0) is 13.3. The minimum atomic E-state index is -0.784. The fraction of sp³-hybridized carbons (Fsp3) is 0.385. The van der Waals surface area contributed by atoms with Crippen LogP contribution in [0.1, 0.15) is 12.5 Å². The van der Waals surface area contributed by atoms with Crippen LogP contribution >= 0.6 is 15.9 Å². The Morgan fingerprint density at radius 3 is 2.79 bits per heavy atom. The van der Waals surface area contributed by atoms with Crippen molar-refractivity contribution < 1.29 is 9.47 Å². The van der Waals surface area contributed by atoms with Crippen LogP contribution in [-0.4, -0.2) is 27.5 Å². The van der Waals surface area contributed by atoms with Gasteiger partial charge in [0.05, 0.1) is 12.7 Å². The summed E-state index contributed by atoms with van der Waals surface area (Å²) in [5.74, 6) is -0.784.